The van der Waals surface area contributed by atoms with Gasteiger partial charge in [0.2, 0.25) is 0 Å². The summed E-state index contributed by atoms with van der Waals surface area (Å²) in [5.74, 6) is 1.70. The minimum atomic E-state index is -3.26. The van der Waals surface area contributed by atoms with Crippen molar-refractivity contribution < 1.29 is 9.05 Å². The van der Waals surface area contributed by atoms with Gasteiger partial charge < -0.3 is 0 Å². The fraction of sp³-hybridized carbons (Fsp3) is 0.300. The zero-order valence-electron chi connectivity index (χ0n) is 15.2. The summed E-state index contributed by atoms with van der Waals surface area (Å²) >= 11 is 0. The van der Waals surface area contributed by atoms with Crippen LogP contribution in [0.5, 0.6) is 0 Å². The van der Waals surface area contributed by atoms with E-state index in [1.54, 1.807) is 0 Å². The van der Waals surface area contributed by atoms with Crippen molar-refractivity contribution in [1.29, 1.82) is 0 Å². The van der Waals surface area contributed by atoms with Crippen molar-refractivity contribution in [1.82, 2.24) is 14.0 Å². The van der Waals surface area contributed by atoms with Gasteiger partial charge in [-0.05, 0) is 0 Å². The first-order valence-electron chi connectivity index (χ1n) is 9.10. The Bertz CT molecular complexity index is 802. The van der Waals surface area contributed by atoms with Crippen LogP contribution in [-0.4, -0.2) is 54.3 Å². The van der Waals surface area contributed by atoms with E-state index in [9.17, 15) is 0 Å². The summed E-state index contributed by atoms with van der Waals surface area (Å²) < 4.78 is 21.0. The van der Waals surface area contributed by atoms with E-state index in [4.69, 9.17) is 9.05 Å². The number of hydrogen-bond acceptors (Lipinski definition) is 5. The molecule has 2 aromatic carbocycles. The predicted octanol–water partition coefficient (Wildman–Crippen LogP) is 3.88. The predicted molar refractivity (Wildman–Crippen MR) is 106 cm³/mol. The quantitative estimate of drug-likeness (QED) is 0.749. The van der Waals surface area contributed by atoms with Crippen LogP contribution >= 0.6 is 7.51 Å². The second kappa shape index (κ2) is 5.54. The van der Waals surface area contributed by atoms with Gasteiger partial charge in [-0.2, -0.15) is 0 Å². The van der Waals surface area contributed by atoms with Crippen LogP contribution in [0.2, 0.25) is 0 Å². The van der Waals surface area contributed by atoms with Gasteiger partial charge in [-0.3, -0.25) is 0 Å². The molecule has 1 spiro atoms. The second-order valence-corrected chi connectivity index (χ2v) is 11.1. The van der Waals surface area contributed by atoms with Gasteiger partial charge in [-0.1, -0.05) is 0 Å². The number of benzene rings is 2. The van der Waals surface area contributed by atoms with Gasteiger partial charge in [-0.25, -0.2) is 0 Å². The van der Waals surface area contributed by atoms with E-state index in [0.717, 1.165) is 48.8 Å². The van der Waals surface area contributed by atoms with Gasteiger partial charge >= 0.3 is 154 Å². The first kappa shape index (κ1) is 16.3. The third-order valence-corrected chi connectivity index (χ3v) is 10.9. The number of hydrogen-bond donors (Lipinski definition) is 0. The molecule has 3 heterocycles. The molecule has 2 saturated heterocycles. The average molecular weight is 369 g/mol. The van der Waals surface area contributed by atoms with Crippen LogP contribution in [0.4, 0.5) is 0 Å². The zero-order valence-corrected chi connectivity index (χ0v) is 16.1. The summed E-state index contributed by atoms with van der Waals surface area (Å²) in [5.41, 5.74) is 2.12. The summed E-state index contributed by atoms with van der Waals surface area (Å²) in [4.78, 5) is 0. The van der Waals surface area contributed by atoms with E-state index in [1.807, 2.05) is 36.4 Å². The number of rotatable bonds is 2. The SMILES string of the molecule is CN1CCN2CCN(C)P123OC(c1ccccc1)=C(c1ccccc1)O3. The van der Waals surface area contributed by atoms with Crippen molar-refractivity contribution in [2.75, 3.05) is 40.3 Å². The molecule has 6 heteroatoms. The molecule has 0 atom stereocenters. The third kappa shape index (κ3) is 1.89. The average Bonchev–Trinajstić information content (AvgIpc) is 3.30. The normalized spacial score (nSPS) is 26.3. The van der Waals surface area contributed by atoms with E-state index < -0.39 is 7.51 Å². The van der Waals surface area contributed by atoms with Gasteiger partial charge in [0, 0.05) is 0 Å². The Hall–Kier alpha value is -1.91. The first-order valence-corrected chi connectivity index (χ1v) is 11.0. The maximum absolute atomic E-state index is 6.96. The Morgan fingerprint density at radius 3 is 1.50 bits per heavy atom. The molecule has 26 heavy (non-hydrogen) atoms. The Balaban J connectivity index is 1.72. The molecule has 136 valence electrons. The molecule has 5 nitrogen and oxygen atoms in total. The molecule has 0 N–H and O–H groups in total. The molecule has 3 aliphatic rings. The van der Waals surface area contributed by atoms with E-state index in [2.05, 4.69) is 52.4 Å². The molecule has 2 fully saturated rings. The van der Waals surface area contributed by atoms with Gasteiger partial charge in [-0.15, -0.1) is 0 Å². The Kier molecular flexibility index (Phi) is 3.47. The van der Waals surface area contributed by atoms with Gasteiger partial charge in [0.1, 0.15) is 0 Å². The molecule has 5 rings (SSSR count). The summed E-state index contributed by atoms with van der Waals surface area (Å²) in [5, 5.41) is 0. The molecule has 3 aliphatic heterocycles. The van der Waals surface area contributed by atoms with Crippen molar-refractivity contribution >= 4 is 19.0 Å². The summed E-state index contributed by atoms with van der Waals surface area (Å²) in [6, 6.07) is 20.6. The van der Waals surface area contributed by atoms with Gasteiger partial charge in [0.05, 0.1) is 0 Å². The standard InChI is InChI=1S/C20H24N3O2P/c1-21-13-15-23-16-14-22(2)26(21,23)24-19(17-9-5-3-6-10-17)20(25-26)18-11-7-4-8-12-18/h3-12H,13-16H2,1-2H3. The second-order valence-electron chi connectivity index (χ2n) is 7.12. The monoisotopic (exact) mass is 369 g/mol. The van der Waals surface area contributed by atoms with Crippen LogP contribution in [0, 0.1) is 0 Å². The van der Waals surface area contributed by atoms with Crippen LogP contribution in [0.25, 0.3) is 11.5 Å². The van der Waals surface area contributed by atoms with Crippen molar-refractivity contribution in [3.8, 4) is 0 Å². The molecular formula is C20H24N3O2P. The molecule has 0 radical (unpaired) electrons. The molecule has 0 aromatic heterocycles. The van der Waals surface area contributed by atoms with Crippen LogP contribution in [0.3, 0.4) is 0 Å². The zero-order chi connectivity index (χ0) is 17.8. The first-order chi connectivity index (χ1) is 12.6. The van der Waals surface area contributed by atoms with Crippen molar-refractivity contribution in [2.24, 2.45) is 0 Å². The van der Waals surface area contributed by atoms with Crippen molar-refractivity contribution in [2.45, 2.75) is 0 Å². The van der Waals surface area contributed by atoms with E-state index in [-0.39, 0.29) is 0 Å². The molecule has 0 saturated carbocycles. The molecule has 2 aromatic rings. The maximum atomic E-state index is 6.96. The Morgan fingerprint density at radius 1 is 0.654 bits per heavy atom. The Labute approximate surface area is 154 Å². The molecule has 0 aliphatic carbocycles. The third-order valence-electron chi connectivity index (χ3n) is 5.80. The van der Waals surface area contributed by atoms with Gasteiger partial charge in [0.25, 0.3) is 0 Å². The van der Waals surface area contributed by atoms with Crippen LogP contribution < -0.4 is 0 Å². The molecule has 0 unspecified atom stereocenters. The topological polar surface area (TPSA) is 28.2 Å². The van der Waals surface area contributed by atoms with E-state index in [1.165, 1.54) is 0 Å². The van der Waals surface area contributed by atoms with Crippen molar-refractivity contribution in [3.63, 3.8) is 0 Å². The fourth-order valence-corrected chi connectivity index (χ4v) is 9.32. The summed E-state index contributed by atoms with van der Waals surface area (Å²) in [6.45, 7) is 3.85. The van der Waals surface area contributed by atoms with Gasteiger partial charge in [0.15, 0.2) is 0 Å². The van der Waals surface area contributed by atoms with Crippen molar-refractivity contribution in [3.05, 3.63) is 71.8 Å². The van der Waals surface area contributed by atoms with Crippen LogP contribution in [0.15, 0.2) is 60.7 Å². The number of nitrogens with zero attached hydrogens (tertiary/aromatic N) is 3. The van der Waals surface area contributed by atoms with E-state index in [0.29, 0.717) is 0 Å². The van der Waals surface area contributed by atoms with Crippen LogP contribution in [-0.2, 0) is 9.05 Å². The number of likely N-dealkylation sites (N-methyl/N-ethyl adjacent to an activating group) is 2. The summed E-state index contributed by atoms with van der Waals surface area (Å²) in [7, 11) is 1.01. The molecule has 0 amide bonds. The Morgan fingerprint density at radius 2 is 1.08 bits per heavy atom. The minimum absolute atomic E-state index is 0.849. The molecular weight excluding hydrogens is 345 g/mol. The van der Waals surface area contributed by atoms with E-state index >= 15 is 0 Å². The van der Waals surface area contributed by atoms with Crippen LogP contribution in [0.1, 0.15) is 11.1 Å². The fourth-order valence-electron chi connectivity index (χ4n) is 4.37. The summed E-state index contributed by atoms with van der Waals surface area (Å²) in [6.07, 6.45) is 0. The molecule has 0 bridgehead atoms.